The zero-order valence-electron chi connectivity index (χ0n) is 16.5. The number of carbonyl (C=O) groups excluding carboxylic acids is 1. The minimum atomic E-state index is -0.302. The van der Waals surface area contributed by atoms with Crippen molar-refractivity contribution in [3.63, 3.8) is 0 Å². The molecule has 0 saturated heterocycles. The molecule has 2 atom stereocenters. The molecule has 3 aromatic rings. The number of hydrogen-bond donors (Lipinski definition) is 0. The first-order chi connectivity index (χ1) is 13.5. The molecular formula is C21H23N5OS. The quantitative estimate of drug-likeness (QED) is 0.632. The highest BCUT2D eigenvalue weighted by Gasteiger charge is 2.34. The molecule has 0 unspecified atom stereocenters. The summed E-state index contributed by atoms with van der Waals surface area (Å²) in [7, 11) is 0. The molecule has 0 aliphatic carbocycles. The molecule has 0 saturated carbocycles. The number of carbonyl (C=O) groups is 1. The van der Waals surface area contributed by atoms with Gasteiger partial charge in [0.25, 0.3) is 0 Å². The molecule has 6 nitrogen and oxygen atoms in total. The maximum Gasteiger partial charge on any atom is 0.240 e. The van der Waals surface area contributed by atoms with Crippen LogP contribution in [0.1, 0.15) is 30.5 Å². The Balaban J connectivity index is 1.58. The van der Waals surface area contributed by atoms with E-state index < -0.39 is 0 Å². The molecule has 2 aromatic carbocycles. The highest BCUT2D eigenvalue weighted by molar-refractivity contribution is 8.00. The van der Waals surface area contributed by atoms with Crippen LogP contribution in [0.2, 0.25) is 0 Å². The third kappa shape index (κ3) is 3.30. The van der Waals surface area contributed by atoms with Gasteiger partial charge in [-0.1, -0.05) is 47.7 Å². The van der Waals surface area contributed by atoms with Crippen LogP contribution in [0.15, 0.2) is 47.6 Å². The molecule has 1 aliphatic heterocycles. The summed E-state index contributed by atoms with van der Waals surface area (Å²) in [6, 6.07) is 14.4. The van der Waals surface area contributed by atoms with Crippen LogP contribution < -0.4 is 4.90 Å². The summed E-state index contributed by atoms with van der Waals surface area (Å²) in [4.78, 5) is 15.1. The number of benzene rings is 2. The smallest absolute Gasteiger partial charge is 0.240 e. The van der Waals surface area contributed by atoms with Gasteiger partial charge in [-0.2, -0.15) is 4.68 Å². The van der Waals surface area contributed by atoms with Crippen LogP contribution in [0.3, 0.4) is 0 Å². The molecule has 0 radical (unpaired) electrons. The van der Waals surface area contributed by atoms with Gasteiger partial charge in [-0.3, -0.25) is 4.79 Å². The molecule has 1 aromatic heterocycles. The number of para-hydroxylation sites is 1. The standard InChI is InChI=1S/C21H23N5OS/c1-13-9-10-18(14(2)11-13)26-21(22-23-24-26)28-16(4)20(27)25-15(3)12-17-7-5-6-8-19(17)25/h5-11,15-16H,12H2,1-4H3/t15-,16-/m0/s1. The van der Waals surface area contributed by atoms with Crippen molar-refractivity contribution in [3.05, 3.63) is 59.2 Å². The lowest BCUT2D eigenvalue weighted by Gasteiger charge is -2.25. The number of rotatable bonds is 4. The molecule has 0 fully saturated rings. The number of fused-ring (bicyclic) bond motifs is 1. The largest absolute Gasteiger partial charge is 0.308 e. The second-order valence-corrected chi connectivity index (χ2v) is 8.62. The Morgan fingerprint density at radius 2 is 1.96 bits per heavy atom. The van der Waals surface area contributed by atoms with Gasteiger partial charge in [0.05, 0.1) is 10.9 Å². The number of aryl methyl sites for hydroxylation is 2. The zero-order valence-corrected chi connectivity index (χ0v) is 17.3. The van der Waals surface area contributed by atoms with Gasteiger partial charge in [-0.25, -0.2) is 0 Å². The number of nitrogens with zero attached hydrogens (tertiary/aromatic N) is 5. The van der Waals surface area contributed by atoms with Gasteiger partial charge >= 0.3 is 0 Å². The lowest BCUT2D eigenvalue weighted by molar-refractivity contribution is -0.118. The fraction of sp³-hybridized carbons (Fsp3) is 0.333. The number of hydrogen-bond acceptors (Lipinski definition) is 5. The topological polar surface area (TPSA) is 63.9 Å². The SMILES string of the molecule is Cc1ccc(-n2nnnc2S[C@@H](C)C(=O)N2c3ccccc3C[C@@H]2C)c(C)c1. The summed E-state index contributed by atoms with van der Waals surface area (Å²) in [6.07, 6.45) is 0.888. The second kappa shape index (κ2) is 7.39. The minimum Gasteiger partial charge on any atom is -0.308 e. The van der Waals surface area contributed by atoms with Crippen molar-refractivity contribution in [2.24, 2.45) is 0 Å². The number of thioether (sulfide) groups is 1. The van der Waals surface area contributed by atoms with Gasteiger partial charge in [0, 0.05) is 11.7 Å². The lowest BCUT2D eigenvalue weighted by atomic mass is 10.1. The summed E-state index contributed by atoms with van der Waals surface area (Å²) >= 11 is 1.39. The van der Waals surface area contributed by atoms with Crippen LogP contribution in [-0.4, -0.2) is 37.4 Å². The Morgan fingerprint density at radius 1 is 1.18 bits per heavy atom. The highest BCUT2D eigenvalue weighted by atomic mass is 32.2. The Kier molecular flexibility index (Phi) is 4.93. The van der Waals surface area contributed by atoms with E-state index in [2.05, 4.69) is 41.5 Å². The Labute approximate surface area is 168 Å². The van der Waals surface area contributed by atoms with Crippen molar-refractivity contribution >= 4 is 23.4 Å². The molecule has 2 heterocycles. The van der Waals surface area contributed by atoms with Crippen LogP contribution in [0.25, 0.3) is 5.69 Å². The summed E-state index contributed by atoms with van der Waals surface area (Å²) in [5.74, 6) is 0.0811. The number of aromatic nitrogens is 4. The molecule has 0 N–H and O–H groups in total. The van der Waals surface area contributed by atoms with E-state index in [9.17, 15) is 4.79 Å². The summed E-state index contributed by atoms with van der Waals surface area (Å²) in [5.41, 5.74) is 5.45. The first kappa shape index (κ1) is 18.7. The molecule has 7 heteroatoms. The first-order valence-corrected chi connectivity index (χ1v) is 10.3. The molecule has 4 rings (SSSR count). The predicted octanol–water partition coefficient (Wildman–Crippen LogP) is 3.74. The van der Waals surface area contributed by atoms with Crippen LogP contribution in [0.5, 0.6) is 0 Å². The fourth-order valence-electron chi connectivity index (χ4n) is 3.75. The predicted molar refractivity (Wildman–Crippen MR) is 111 cm³/mol. The van der Waals surface area contributed by atoms with Gasteiger partial charge in [-0.15, -0.1) is 5.10 Å². The van der Waals surface area contributed by atoms with Crippen molar-refractivity contribution in [3.8, 4) is 5.69 Å². The van der Waals surface area contributed by atoms with E-state index in [0.29, 0.717) is 5.16 Å². The van der Waals surface area contributed by atoms with Gasteiger partial charge in [-0.05, 0) is 67.8 Å². The lowest BCUT2D eigenvalue weighted by Crippen LogP contribution is -2.40. The molecular weight excluding hydrogens is 370 g/mol. The van der Waals surface area contributed by atoms with Crippen LogP contribution in [-0.2, 0) is 11.2 Å². The average molecular weight is 394 g/mol. The van der Waals surface area contributed by atoms with E-state index in [1.54, 1.807) is 4.68 Å². The summed E-state index contributed by atoms with van der Waals surface area (Å²) in [6.45, 7) is 8.11. The van der Waals surface area contributed by atoms with Crippen molar-refractivity contribution < 1.29 is 4.79 Å². The van der Waals surface area contributed by atoms with Crippen LogP contribution >= 0.6 is 11.8 Å². The average Bonchev–Trinajstić information content (AvgIpc) is 3.24. The molecule has 144 valence electrons. The van der Waals surface area contributed by atoms with Crippen molar-refractivity contribution in [2.45, 2.75) is 50.6 Å². The maximum absolute atomic E-state index is 13.2. The van der Waals surface area contributed by atoms with Crippen LogP contribution in [0, 0.1) is 13.8 Å². The van der Waals surface area contributed by atoms with Gasteiger partial charge in [0.1, 0.15) is 0 Å². The maximum atomic E-state index is 13.2. The number of anilines is 1. The van der Waals surface area contributed by atoms with E-state index in [1.165, 1.54) is 22.9 Å². The molecule has 1 aliphatic rings. The summed E-state index contributed by atoms with van der Waals surface area (Å²) < 4.78 is 1.71. The fourth-order valence-corrected chi connectivity index (χ4v) is 4.60. The van der Waals surface area contributed by atoms with E-state index in [0.717, 1.165) is 23.4 Å². The molecule has 28 heavy (non-hydrogen) atoms. The van der Waals surface area contributed by atoms with E-state index >= 15 is 0 Å². The third-order valence-electron chi connectivity index (χ3n) is 5.10. The van der Waals surface area contributed by atoms with Crippen LogP contribution in [0.4, 0.5) is 5.69 Å². The first-order valence-electron chi connectivity index (χ1n) is 9.39. The Morgan fingerprint density at radius 3 is 2.75 bits per heavy atom. The van der Waals surface area contributed by atoms with Gasteiger partial charge in [0.2, 0.25) is 11.1 Å². The summed E-state index contributed by atoms with van der Waals surface area (Å²) in [5, 5.41) is 12.5. The number of amides is 1. The van der Waals surface area contributed by atoms with E-state index in [4.69, 9.17) is 0 Å². The molecule has 1 amide bonds. The van der Waals surface area contributed by atoms with Crippen molar-refractivity contribution in [1.29, 1.82) is 0 Å². The van der Waals surface area contributed by atoms with E-state index in [1.807, 2.05) is 49.1 Å². The van der Waals surface area contributed by atoms with Gasteiger partial charge < -0.3 is 4.90 Å². The Hall–Kier alpha value is -2.67. The zero-order chi connectivity index (χ0) is 19.8. The number of tetrazole rings is 1. The normalized spacial score (nSPS) is 16.9. The van der Waals surface area contributed by atoms with Gasteiger partial charge in [0.15, 0.2) is 0 Å². The minimum absolute atomic E-state index is 0.0811. The highest BCUT2D eigenvalue weighted by Crippen LogP contribution is 2.34. The second-order valence-electron chi connectivity index (χ2n) is 7.31. The molecule has 0 spiro atoms. The Bertz CT molecular complexity index is 1030. The van der Waals surface area contributed by atoms with Crippen molar-refractivity contribution in [2.75, 3.05) is 4.90 Å². The molecule has 0 bridgehead atoms. The third-order valence-corrected chi connectivity index (χ3v) is 6.12. The van der Waals surface area contributed by atoms with Crippen molar-refractivity contribution in [1.82, 2.24) is 20.2 Å². The monoisotopic (exact) mass is 393 g/mol. The van der Waals surface area contributed by atoms with E-state index in [-0.39, 0.29) is 17.2 Å².